The Morgan fingerprint density at radius 1 is 1.33 bits per heavy atom. The molecular weight excluding hydrogens is 272 g/mol. The lowest BCUT2D eigenvalue weighted by molar-refractivity contribution is -0.143. The van der Waals surface area contributed by atoms with E-state index in [1.54, 1.807) is 24.3 Å². The maximum absolute atomic E-state index is 12.2. The number of amides is 1. The van der Waals surface area contributed by atoms with Gasteiger partial charge in [-0.15, -0.1) is 0 Å². The van der Waals surface area contributed by atoms with E-state index in [4.69, 9.17) is 15.2 Å². The summed E-state index contributed by atoms with van der Waals surface area (Å²) in [5, 5.41) is 2.66. The lowest BCUT2D eigenvalue weighted by Gasteiger charge is -2.22. The van der Waals surface area contributed by atoms with Gasteiger partial charge < -0.3 is 20.5 Å². The van der Waals surface area contributed by atoms with Gasteiger partial charge in [0.1, 0.15) is 11.8 Å². The molecule has 1 unspecified atom stereocenters. The molecule has 6 heteroatoms. The molecule has 0 spiro atoms. The summed E-state index contributed by atoms with van der Waals surface area (Å²) in [5.41, 5.74) is 5.78. The van der Waals surface area contributed by atoms with Gasteiger partial charge in [-0.2, -0.15) is 0 Å². The lowest BCUT2D eigenvalue weighted by Crippen LogP contribution is -2.54. The molecule has 0 saturated heterocycles. The van der Waals surface area contributed by atoms with E-state index in [2.05, 4.69) is 5.32 Å². The van der Waals surface area contributed by atoms with Gasteiger partial charge in [-0.05, 0) is 44.0 Å². The third-order valence-corrected chi connectivity index (χ3v) is 3.54. The lowest BCUT2D eigenvalue weighted by atomic mass is 10.1. The molecule has 1 aromatic rings. The van der Waals surface area contributed by atoms with E-state index >= 15 is 0 Å². The fraction of sp³-hybridized carbons (Fsp3) is 0.467. The van der Waals surface area contributed by atoms with E-state index in [0.29, 0.717) is 30.8 Å². The first-order valence-electron chi connectivity index (χ1n) is 6.90. The monoisotopic (exact) mass is 292 g/mol. The van der Waals surface area contributed by atoms with Gasteiger partial charge in [0.15, 0.2) is 0 Å². The average Bonchev–Trinajstić information content (AvgIpc) is 3.23. The maximum atomic E-state index is 12.2. The summed E-state index contributed by atoms with van der Waals surface area (Å²) in [6, 6.07) is 5.89. The van der Waals surface area contributed by atoms with Gasteiger partial charge in [0.25, 0.3) is 5.91 Å². The highest BCUT2D eigenvalue weighted by atomic mass is 16.5. The summed E-state index contributed by atoms with van der Waals surface area (Å²) in [5.74, 6) is -0.185. The Morgan fingerprint density at radius 2 is 1.95 bits per heavy atom. The molecule has 114 valence electrons. The van der Waals surface area contributed by atoms with Gasteiger partial charge in [0, 0.05) is 11.1 Å². The highest BCUT2D eigenvalue weighted by Gasteiger charge is 2.50. The summed E-state index contributed by atoms with van der Waals surface area (Å²) in [7, 11) is 1.28. The minimum atomic E-state index is -0.818. The number of ether oxygens (including phenoxy) is 2. The minimum absolute atomic E-state index is 0.356. The topological polar surface area (TPSA) is 90.6 Å². The van der Waals surface area contributed by atoms with Crippen molar-refractivity contribution < 1.29 is 19.1 Å². The van der Waals surface area contributed by atoms with Crippen molar-refractivity contribution in [2.75, 3.05) is 13.7 Å². The van der Waals surface area contributed by atoms with Crippen molar-refractivity contribution in [2.45, 2.75) is 31.3 Å². The van der Waals surface area contributed by atoms with E-state index in [9.17, 15) is 9.59 Å². The molecule has 6 nitrogen and oxygen atoms in total. The molecule has 21 heavy (non-hydrogen) atoms. The first-order valence-corrected chi connectivity index (χ1v) is 6.90. The van der Waals surface area contributed by atoms with Crippen molar-refractivity contribution in [2.24, 2.45) is 5.73 Å². The Kier molecular flexibility index (Phi) is 4.47. The van der Waals surface area contributed by atoms with E-state index in [1.807, 2.05) is 6.92 Å². The minimum Gasteiger partial charge on any atom is -0.494 e. The third kappa shape index (κ3) is 3.52. The number of carbonyl (C=O) groups excluding carboxylic acids is 2. The zero-order valence-electron chi connectivity index (χ0n) is 12.2. The number of hydrogen-bond donors (Lipinski definition) is 2. The van der Waals surface area contributed by atoms with Gasteiger partial charge >= 0.3 is 5.97 Å². The number of nitrogens with two attached hydrogens (primary N) is 1. The van der Waals surface area contributed by atoms with Crippen LogP contribution in [-0.2, 0) is 9.53 Å². The SMILES string of the molecule is CCOc1ccc(C(=O)NC(C(=O)OC)C2(N)CC2)cc1. The second kappa shape index (κ2) is 6.13. The Bertz CT molecular complexity index is 523. The highest BCUT2D eigenvalue weighted by Crippen LogP contribution is 2.36. The third-order valence-electron chi connectivity index (χ3n) is 3.54. The van der Waals surface area contributed by atoms with Gasteiger partial charge in [-0.1, -0.05) is 0 Å². The highest BCUT2D eigenvalue weighted by molar-refractivity contribution is 5.97. The quantitative estimate of drug-likeness (QED) is 0.758. The van der Waals surface area contributed by atoms with Crippen LogP contribution in [0.4, 0.5) is 0 Å². The molecule has 1 fully saturated rings. The number of benzene rings is 1. The number of esters is 1. The van der Waals surface area contributed by atoms with Gasteiger partial charge in [-0.25, -0.2) is 4.79 Å². The number of rotatable bonds is 6. The molecule has 1 aliphatic rings. The van der Waals surface area contributed by atoms with E-state index in [0.717, 1.165) is 0 Å². The van der Waals surface area contributed by atoms with Crippen molar-refractivity contribution in [3.8, 4) is 5.75 Å². The molecular formula is C15H20N2O4. The maximum Gasteiger partial charge on any atom is 0.330 e. The molecule has 0 bridgehead atoms. The van der Waals surface area contributed by atoms with Crippen LogP contribution in [0.1, 0.15) is 30.1 Å². The molecule has 1 saturated carbocycles. The Morgan fingerprint density at radius 3 is 2.43 bits per heavy atom. The second-order valence-corrected chi connectivity index (χ2v) is 5.12. The summed E-state index contributed by atoms with van der Waals surface area (Å²) in [4.78, 5) is 24.0. The van der Waals surface area contributed by atoms with Crippen LogP contribution in [0, 0.1) is 0 Å². The number of nitrogens with one attached hydrogen (secondary N) is 1. The summed E-state index contributed by atoms with van der Waals surface area (Å²) in [6.07, 6.45) is 1.38. The normalized spacial score (nSPS) is 16.7. The average molecular weight is 292 g/mol. The molecule has 0 heterocycles. The number of methoxy groups -OCH3 is 1. The zero-order chi connectivity index (χ0) is 15.5. The smallest absolute Gasteiger partial charge is 0.330 e. The van der Waals surface area contributed by atoms with E-state index < -0.39 is 17.6 Å². The molecule has 3 N–H and O–H groups in total. The Balaban J connectivity index is 2.06. The molecule has 2 rings (SSSR count). The van der Waals surface area contributed by atoms with Crippen molar-refractivity contribution in [1.82, 2.24) is 5.32 Å². The van der Waals surface area contributed by atoms with Crippen LogP contribution in [-0.4, -0.2) is 37.2 Å². The molecule has 1 atom stereocenters. The first kappa shape index (κ1) is 15.3. The fourth-order valence-electron chi connectivity index (χ4n) is 2.07. The van der Waals surface area contributed by atoms with E-state index in [1.165, 1.54) is 7.11 Å². The van der Waals surface area contributed by atoms with Crippen LogP contribution in [0.15, 0.2) is 24.3 Å². The van der Waals surface area contributed by atoms with Crippen LogP contribution >= 0.6 is 0 Å². The van der Waals surface area contributed by atoms with Crippen LogP contribution in [0.3, 0.4) is 0 Å². The van der Waals surface area contributed by atoms with Crippen molar-refractivity contribution in [1.29, 1.82) is 0 Å². The molecule has 1 aliphatic carbocycles. The molecule has 0 radical (unpaired) electrons. The molecule has 1 aromatic carbocycles. The number of hydrogen-bond acceptors (Lipinski definition) is 5. The van der Waals surface area contributed by atoms with Crippen molar-refractivity contribution in [3.63, 3.8) is 0 Å². The van der Waals surface area contributed by atoms with E-state index in [-0.39, 0.29) is 5.91 Å². The Labute approximate surface area is 123 Å². The molecule has 1 amide bonds. The summed E-state index contributed by atoms with van der Waals surface area (Å²) >= 11 is 0. The zero-order valence-corrected chi connectivity index (χ0v) is 12.2. The predicted octanol–water partition coefficient (Wildman–Crippen LogP) is 0.848. The van der Waals surface area contributed by atoms with Gasteiger partial charge in [0.2, 0.25) is 0 Å². The van der Waals surface area contributed by atoms with Gasteiger partial charge in [0.05, 0.1) is 13.7 Å². The fourth-order valence-corrected chi connectivity index (χ4v) is 2.07. The molecule has 0 aliphatic heterocycles. The first-order chi connectivity index (χ1) is 10.00. The van der Waals surface area contributed by atoms with Crippen LogP contribution in [0.5, 0.6) is 5.75 Å². The number of carbonyl (C=O) groups is 2. The van der Waals surface area contributed by atoms with Crippen LogP contribution < -0.4 is 15.8 Å². The summed E-state index contributed by atoms with van der Waals surface area (Å²) < 4.78 is 10.0. The second-order valence-electron chi connectivity index (χ2n) is 5.12. The molecule has 0 aromatic heterocycles. The van der Waals surface area contributed by atoms with Crippen LogP contribution in [0.2, 0.25) is 0 Å². The Hall–Kier alpha value is -2.08. The van der Waals surface area contributed by atoms with Crippen molar-refractivity contribution >= 4 is 11.9 Å². The van der Waals surface area contributed by atoms with Crippen LogP contribution in [0.25, 0.3) is 0 Å². The van der Waals surface area contributed by atoms with Gasteiger partial charge in [-0.3, -0.25) is 4.79 Å². The largest absolute Gasteiger partial charge is 0.494 e. The van der Waals surface area contributed by atoms with Crippen molar-refractivity contribution in [3.05, 3.63) is 29.8 Å². The summed E-state index contributed by atoms with van der Waals surface area (Å²) in [6.45, 7) is 2.45. The predicted molar refractivity (Wildman–Crippen MR) is 77.0 cm³/mol. The standard InChI is InChI=1S/C15H20N2O4/c1-3-21-11-6-4-10(5-7-11)13(18)17-12(14(19)20-2)15(16)8-9-15/h4-7,12H,3,8-9,16H2,1-2H3,(H,17,18).